The molecule has 4 nitrogen and oxygen atoms in total. The summed E-state index contributed by atoms with van der Waals surface area (Å²) in [6.07, 6.45) is 0. The minimum atomic E-state index is -0.228. The van der Waals surface area contributed by atoms with Crippen molar-refractivity contribution in [2.45, 2.75) is 13.8 Å². The largest absolute Gasteiger partial charge is 0.493 e. The zero-order chi connectivity index (χ0) is 16.1. The van der Waals surface area contributed by atoms with E-state index < -0.39 is 0 Å². The van der Waals surface area contributed by atoms with Gasteiger partial charge in [0.2, 0.25) is 0 Å². The normalized spacial score (nSPS) is 10.2. The van der Waals surface area contributed by atoms with Crippen LogP contribution >= 0.6 is 11.6 Å². The van der Waals surface area contributed by atoms with Crippen LogP contribution in [0.25, 0.3) is 0 Å². The number of rotatable bonds is 5. The smallest absolute Gasteiger partial charge is 0.255 e. The van der Waals surface area contributed by atoms with Gasteiger partial charge < -0.3 is 14.8 Å². The molecule has 0 aliphatic rings. The molecule has 0 saturated heterocycles. The van der Waals surface area contributed by atoms with Gasteiger partial charge in [-0.25, -0.2) is 0 Å². The summed E-state index contributed by atoms with van der Waals surface area (Å²) in [5.74, 6) is 0.909. The van der Waals surface area contributed by atoms with Gasteiger partial charge in [-0.2, -0.15) is 0 Å². The first-order valence-electron chi connectivity index (χ1n) is 6.94. The molecule has 2 rings (SSSR count). The van der Waals surface area contributed by atoms with Crippen molar-refractivity contribution in [2.24, 2.45) is 0 Å². The number of carbonyl (C=O) groups excluding carboxylic acids is 1. The molecule has 0 aromatic heterocycles. The van der Waals surface area contributed by atoms with Crippen molar-refractivity contribution in [3.8, 4) is 11.5 Å². The molecule has 0 unspecified atom stereocenters. The Morgan fingerprint density at radius 2 is 2.00 bits per heavy atom. The van der Waals surface area contributed by atoms with E-state index in [4.69, 9.17) is 21.1 Å². The Balaban J connectivity index is 2.26. The Morgan fingerprint density at radius 3 is 2.68 bits per heavy atom. The Morgan fingerprint density at radius 1 is 1.23 bits per heavy atom. The second-order valence-corrected chi connectivity index (χ2v) is 5.07. The van der Waals surface area contributed by atoms with Gasteiger partial charge >= 0.3 is 0 Å². The molecule has 0 spiro atoms. The van der Waals surface area contributed by atoms with Gasteiger partial charge in [-0.05, 0) is 49.7 Å². The lowest BCUT2D eigenvalue weighted by atomic mass is 10.1. The predicted octanol–water partition coefficient (Wildman–Crippen LogP) is 4.31. The minimum Gasteiger partial charge on any atom is -0.493 e. The summed E-state index contributed by atoms with van der Waals surface area (Å²) in [5.41, 5.74) is 2.01. The number of carbonyl (C=O) groups is 1. The summed E-state index contributed by atoms with van der Waals surface area (Å²) in [5, 5.41) is 3.47. The van der Waals surface area contributed by atoms with Crippen molar-refractivity contribution >= 4 is 23.2 Å². The Kier molecular flexibility index (Phi) is 5.28. The van der Waals surface area contributed by atoms with Gasteiger partial charge in [0.1, 0.15) is 0 Å². The van der Waals surface area contributed by atoms with E-state index in [1.165, 1.54) is 0 Å². The van der Waals surface area contributed by atoms with Crippen LogP contribution in [0.2, 0.25) is 5.02 Å². The highest BCUT2D eigenvalue weighted by Crippen LogP contribution is 2.29. The molecular weight excluding hydrogens is 302 g/mol. The number of ether oxygens (including phenoxy) is 2. The summed E-state index contributed by atoms with van der Waals surface area (Å²) in [7, 11) is 1.56. The molecule has 1 amide bonds. The molecule has 1 N–H and O–H groups in total. The van der Waals surface area contributed by atoms with E-state index in [9.17, 15) is 4.79 Å². The number of halogens is 1. The summed E-state index contributed by atoms with van der Waals surface area (Å²) >= 11 is 6.06. The maximum atomic E-state index is 12.4. The van der Waals surface area contributed by atoms with Crippen molar-refractivity contribution in [2.75, 3.05) is 19.0 Å². The SMILES string of the molecule is CCOc1cc(C(=O)Nc2cccc(Cl)c2C)ccc1OC. The molecule has 0 saturated carbocycles. The van der Waals surface area contributed by atoms with Crippen LogP contribution in [0.15, 0.2) is 36.4 Å². The lowest BCUT2D eigenvalue weighted by Gasteiger charge is -2.12. The van der Waals surface area contributed by atoms with Gasteiger partial charge in [0.05, 0.1) is 13.7 Å². The van der Waals surface area contributed by atoms with Gasteiger partial charge in [-0.3, -0.25) is 4.79 Å². The van der Waals surface area contributed by atoms with Crippen LogP contribution in [-0.4, -0.2) is 19.6 Å². The summed E-state index contributed by atoms with van der Waals surface area (Å²) in [4.78, 5) is 12.4. The minimum absolute atomic E-state index is 0.228. The topological polar surface area (TPSA) is 47.6 Å². The maximum Gasteiger partial charge on any atom is 0.255 e. The lowest BCUT2D eigenvalue weighted by molar-refractivity contribution is 0.102. The first-order chi connectivity index (χ1) is 10.6. The zero-order valence-corrected chi connectivity index (χ0v) is 13.5. The molecule has 2 aromatic carbocycles. The van der Waals surface area contributed by atoms with Gasteiger partial charge in [0.15, 0.2) is 11.5 Å². The number of amides is 1. The molecule has 0 fully saturated rings. The molecule has 0 atom stereocenters. The second-order valence-electron chi connectivity index (χ2n) is 4.67. The second kappa shape index (κ2) is 7.18. The van der Waals surface area contributed by atoms with E-state index in [-0.39, 0.29) is 5.91 Å². The average molecular weight is 320 g/mol. The van der Waals surface area contributed by atoms with E-state index >= 15 is 0 Å². The highest BCUT2D eigenvalue weighted by molar-refractivity contribution is 6.31. The Labute approximate surface area is 135 Å². The first kappa shape index (κ1) is 16.2. The van der Waals surface area contributed by atoms with Crippen molar-refractivity contribution in [1.82, 2.24) is 0 Å². The van der Waals surface area contributed by atoms with Crippen LogP contribution < -0.4 is 14.8 Å². The number of hydrogen-bond donors (Lipinski definition) is 1. The third-order valence-corrected chi connectivity index (χ3v) is 3.65. The highest BCUT2D eigenvalue weighted by atomic mass is 35.5. The van der Waals surface area contributed by atoms with Gasteiger partial charge in [-0.15, -0.1) is 0 Å². The highest BCUT2D eigenvalue weighted by Gasteiger charge is 2.12. The molecule has 0 bridgehead atoms. The third-order valence-electron chi connectivity index (χ3n) is 3.24. The standard InChI is InChI=1S/C17H18ClNO3/c1-4-22-16-10-12(8-9-15(16)21-3)17(20)19-14-7-5-6-13(18)11(14)2/h5-10H,4H2,1-3H3,(H,19,20). The molecule has 116 valence electrons. The molecule has 0 aliphatic heterocycles. The number of anilines is 1. The van der Waals surface area contributed by atoms with Crippen LogP contribution in [0.5, 0.6) is 11.5 Å². The van der Waals surface area contributed by atoms with E-state index in [0.717, 1.165) is 5.56 Å². The first-order valence-corrected chi connectivity index (χ1v) is 7.32. The Bertz CT molecular complexity index is 686. The number of nitrogens with one attached hydrogen (secondary N) is 1. The van der Waals surface area contributed by atoms with Crippen molar-refractivity contribution in [3.63, 3.8) is 0 Å². The number of hydrogen-bond acceptors (Lipinski definition) is 3. The summed E-state index contributed by atoms with van der Waals surface area (Å²) in [6.45, 7) is 4.23. The lowest BCUT2D eigenvalue weighted by Crippen LogP contribution is -2.13. The van der Waals surface area contributed by atoms with Gasteiger partial charge in [0, 0.05) is 16.3 Å². The van der Waals surface area contributed by atoms with Crippen LogP contribution in [0, 0.1) is 6.92 Å². The van der Waals surface area contributed by atoms with E-state index in [1.807, 2.05) is 19.9 Å². The zero-order valence-electron chi connectivity index (χ0n) is 12.8. The molecule has 0 aliphatic carbocycles. The fourth-order valence-electron chi connectivity index (χ4n) is 2.02. The van der Waals surface area contributed by atoms with Crippen LogP contribution in [0.1, 0.15) is 22.8 Å². The van der Waals surface area contributed by atoms with Crippen molar-refractivity contribution < 1.29 is 14.3 Å². The molecule has 22 heavy (non-hydrogen) atoms. The van der Waals surface area contributed by atoms with E-state index in [2.05, 4.69) is 5.32 Å². The van der Waals surface area contributed by atoms with Crippen molar-refractivity contribution in [3.05, 3.63) is 52.5 Å². The average Bonchev–Trinajstić information content (AvgIpc) is 2.52. The number of methoxy groups -OCH3 is 1. The maximum absolute atomic E-state index is 12.4. The van der Waals surface area contributed by atoms with Crippen molar-refractivity contribution in [1.29, 1.82) is 0 Å². The molecule has 5 heteroatoms. The molecule has 0 heterocycles. The summed E-state index contributed by atoms with van der Waals surface area (Å²) in [6, 6.07) is 10.5. The van der Waals surface area contributed by atoms with E-state index in [1.54, 1.807) is 37.4 Å². The van der Waals surface area contributed by atoms with Gasteiger partial charge in [-0.1, -0.05) is 17.7 Å². The van der Waals surface area contributed by atoms with Crippen LogP contribution in [-0.2, 0) is 0 Å². The predicted molar refractivity (Wildman–Crippen MR) is 88.3 cm³/mol. The molecule has 2 aromatic rings. The van der Waals surface area contributed by atoms with E-state index in [0.29, 0.717) is 34.4 Å². The summed E-state index contributed by atoms with van der Waals surface area (Å²) < 4.78 is 10.7. The van der Waals surface area contributed by atoms with Crippen LogP contribution in [0.4, 0.5) is 5.69 Å². The Hall–Kier alpha value is -2.20. The quantitative estimate of drug-likeness (QED) is 0.893. The fraction of sp³-hybridized carbons (Fsp3) is 0.235. The third kappa shape index (κ3) is 3.52. The van der Waals surface area contributed by atoms with Gasteiger partial charge in [0.25, 0.3) is 5.91 Å². The molecular formula is C17H18ClNO3. The van der Waals surface area contributed by atoms with Crippen LogP contribution in [0.3, 0.4) is 0 Å². The monoisotopic (exact) mass is 319 g/mol. The fourth-order valence-corrected chi connectivity index (χ4v) is 2.20. The molecule has 0 radical (unpaired) electrons. The number of benzene rings is 2.